The smallest absolute Gasteiger partial charge is 0.315 e. The predicted molar refractivity (Wildman–Crippen MR) is 87.7 cm³/mol. The van der Waals surface area contributed by atoms with Crippen molar-refractivity contribution in [3.05, 3.63) is 35.9 Å². The number of aliphatic hydroxyl groups is 1. The van der Waals surface area contributed by atoms with E-state index < -0.39 is 5.60 Å². The molecule has 22 heavy (non-hydrogen) atoms. The average molecular weight is 308 g/mol. The summed E-state index contributed by atoms with van der Waals surface area (Å²) in [6.45, 7) is 6.33. The van der Waals surface area contributed by atoms with Crippen LogP contribution < -0.4 is 10.6 Å². The molecule has 1 rings (SSSR count). The first-order valence-corrected chi connectivity index (χ1v) is 7.71. The first-order chi connectivity index (χ1) is 10.4. The van der Waals surface area contributed by atoms with Gasteiger partial charge in [0, 0.05) is 13.7 Å². The SMILES string of the molecule is CCC(C)C(C)(O)CNC(=O)NC(COC)c1ccccc1. The Morgan fingerprint density at radius 2 is 2.00 bits per heavy atom. The molecular formula is C17H28N2O3. The number of rotatable bonds is 8. The molecule has 1 aromatic rings. The molecule has 124 valence electrons. The summed E-state index contributed by atoms with van der Waals surface area (Å²) in [5, 5.41) is 15.9. The molecule has 0 aliphatic rings. The Morgan fingerprint density at radius 1 is 1.36 bits per heavy atom. The van der Waals surface area contributed by atoms with E-state index in [0.717, 1.165) is 12.0 Å². The second-order valence-corrected chi connectivity index (χ2v) is 5.91. The van der Waals surface area contributed by atoms with Crippen molar-refractivity contribution in [1.82, 2.24) is 10.6 Å². The van der Waals surface area contributed by atoms with Crippen molar-refractivity contribution in [1.29, 1.82) is 0 Å². The molecule has 1 aromatic carbocycles. The van der Waals surface area contributed by atoms with Crippen LogP contribution in [0.4, 0.5) is 4.79 Å². The second-order valence-electron chi connectivity index (χ2n) is 5.91. The molecule has 0 aliphatic heterocycles. The van der Waals surface area contributed by atoms with Crippen LogP contribution in [0.25, 0.3) is 0 Å². The first-order valence-electron chi connectivity index (χ1n) is 7.71. The van der Waals surface area contributed by atoms with Gasteiger partial charge >= 0.3 is 6.03 Å². The largest absolute Gasteiger partial charge is 0.388 e. The molecule has 0 spiro atoms. The number of amides is 2. The van der Waals surface area contributed by atoms with Crippen LogP contribution in [0.3, 0.4) is 0 Å². The molecule has 0 bridgehead atoms. The number of carbonyl (C=O) groups excluding carboxylic acids is 1. The summed E-state index contributed by atoms with van der Waals surface area (Å²) in [6.07, 6.45) is 0.854. The molecule has 0 aliphatic carbocycles. The number of urea groups is 1. The summed E-state index contributed by atoms with van der Waals surface area (Å²) in [5.41, 5.74) is 0.0588. The summed E-state index contributed by atoms with van der Waals surface area (Å²) in [7, 11) is 1.60. The zero-order valence-electron chi connectivity index (χ0n) is 13.9. The molecule has 0 aromatic heterocycles. The normalized spacial score (nSPS) is 16.4. The fourth-order valence-electron chi connectivity index (χ4n) is 2.16. The van der Waals surface area contributed by atoms with E-state index in [9.17, 15) is 9.90 Å². The van der Waals surface area contributed by atoms with E-state index in [1.807, 2.05) is 44.2 Å². The highest BCUT2D eigenvalue weighted by atomic mass is 16.5. The van der Waals surface area contributed by atoms with Crippen molar-refractivity contribution in [3.63, 3.8) is 0 Å². The van der Waals surface area contributed by atoms with Crippen LogP contribution in [-0.4, -0.2) is 37.0 Å². The van der Waals surface area contributed by atoms with Gasteiger partial charge in [-0.25, -0.2) is 4.79 Å². The van der Waals surface area contributed by atoms with Gasteiger partial charge in [-0.1, -0.05) is 50.6 Å². The number of ether oxygens (including phenoxy) is 1. The van der Waals surface area contributed by atoms with E-state index in [1.54, 1.807) is 14.0 Å². The van der Waals surface area contributed by atoms with Crippen molar-refractivity contribution in [2.24, 2.45) is 5.92 Å². The Balaban J connectivity index is 2.58. The number of carbonyl (C=O) groups is 1. The van der Waals surface area contributed by atoms with Gasteiger partial charge in [0.25, 0.3) is 0 Å². The minimum atomic E-state index is -0.921. The van der Waals surface area contributed by atoms with Crippen molar-refractivity contribution in [2.45, 2.75) is 38.8 Å². The highest BCUT2D eigenvalue weighted by Gasteiger charge is 2.27. The summed E-state index contributed by atoms with van der Waals surface area (Å²) < 4.78 is 5.17. The third-order valence-electron chi connectivity index (χ3n) is 4.12. The Hall–Kier alpha value is -1.59. The lowest BCUT2D eigenvalue weighted by Crippen LogP contribution is -2.48. The molecular weight excluding hydrogens is 280 g/mol. The lowest BCUT2D eigenvalue weighted by molar-refractivity contribution is 0.00776. The number of benzene rings is 1. The molecule has 0 radical (unpaired) electrons. The van der Waals surface area contributed by atoms with Gasteiger partial charge in [0.05, 0.1) is 18.2 Å². The van der Waals surface area contributed by atoms with Gasteiger partial charge < -0.3 is 20.5 Å². The van der Waals surface area contributed by atoms with Gasteiger partial charge in [0.2, 0.25) is 0 Å². The van der Waals surface area contributed by atoms with Crippen molar-refractivity contribution < 1.29 is 14.6 Å². The van der Waals surface area contributed by atoms with E-state index in [-0.39, 0.29) is 24.5 Å². The van der Waals surface area contributed by atoms with Crippen molar-refractivity contribution >= 4 is 6.03 Å². The number of nitrogens with one attached hydrogen (secondary N) is 2. The van der Waals surface area contributed by atoms with Crippen LogP contribution in [0, 0.1) is 5.92 Å². The summed E-state index contributed by atoms with van der Waals surface area (Å²) in [6, 6.07) is 9.13. The topological polar surface area (TPSA) is 70.6 Å². The number of hydrogen-bond donors (Lipinski definition) is 3. The van der Waals surface area contributed by atoms with E-state index in [1.165, 1.54) is 0 Å². The third kappa shape index (κ3) is 5.66. The molecule has 5 heteroatoms. The van der Waals surface area contributed by atoms with E-state index in [0.29, 0.717) is 6.61 Å². The van der Waals surface area contributed by atoms with Crippen molar-refractivity contribution in [3.8, 4) is 0 Å². The highest BCUT2D eigenvalue weighted by Crippen LogP contribution is 2.19. The Bertz CT molecular complexity index is 448. The molecule has 0 saturated heterocycles. The standard InChI is InChI=1S/C17H28N2O3/c1-5-13(2)17(3,21)12-18-16(20)19-15(11-22-4)14-9-7-6-8-10-14/h6-10,13,15,21H,5,11-12H2,1-4H3,(H2,18,19,20). The summed E-state index contributed by atoms with van der Waals surface area (Å²) in [4.78, 5) is 12.1. The van der Waals surface area contributed by atoms with Crippen molar-refractivity contribution in [2.75, 3.05) is 20.3 Å². The Labute approximate surface area is 133 Å². The molecule has 2 amide bonds. The first kappa shape index (κ1) is 18.5. The van der Waals surface area contributed by atoms with E-state index in [4.69, 9.17) is 4.74 Å². The molecule has 3 atom stereocenters. The highest BCUT2D eigenvalue weighted by molar-refractivity contribution is 5.74. The molecule has 0 saturated carbocycles. The lowest BCUT2D eigenvalue weighted by atomic mass is 9.89. The molecule has 3 unspecified atom stereocenters. The van der Waals surface area contributed by atoms with Gasteiger partial charge in [0.15, 0.2) is 0 Å². The van der Waals surface area contributed by atoms with Crippen LogP contribution in [0.1, 0.15) is 38.8 Å². The third-order valence-corrected chi connectivity index (χ3v) is 4.12. The molecule has 0 fully saturated rings. The van der Waals surface area contributed by atoms with Gasteiger partial charge in [-0.05, 0) is 18.4 Å². The average Bonchev–Trinajstić information content (AvgIpc) is 2.52. The Kier molecular flexibility index (Phi) is 7.35. The Morgan fingerprint density at radius 3 is 2.55 bits per heavy atom. The van der Waals surface area contributed by atoms with Gasteiger partial charge in [0.1, 0.15) is 0 Å². The van der Waals surface area contributed by atoms with E-state index >= 15 is 0 Å². The van der Waals surface area contributed by atoms with Crippen LogP contribution in [0.2, 0.25) is 0 Å². The van der Waals surface area contributed by atoms with Gasteiger partial charge in [-0.15, -0.1) is 0 Å². The maximum atomic E-state index is 12.1. The zero-order chi connectivity index (χ0) is 16.6. The van der Waals surface area contributed by atoms with Crippen LogP contribution in [0.15, 0.2) is 30.3 Å². The monoisotopic (exact) mass is 308 g/mol. The predicted octanol–water partition coefficient (Wildman–Crippen LogP) is 2.47. The lowest BCUT2D eigenvalue weighted by Gasteiger charge is -2.30. The van der Waals surface area contributed by atoms with E-state index in [2.05, 4.69) is 10.6 Å². The molecule has 3 N–H and O–H groups in total. The van der Waals surface area contributed by atoms with Crippen LogP contribution >= 0.6 is 0 Å². The fourth-order valence-corrected chi connectivity index (χ4v) is 2.16. The summed E-state index contributed by atoms with van der Waals surface area (Å²) in [5.74, 6) is 0.108. The van der Waals surface area contributed by atoms with Crippen LogP contribution in [-0.2, 0) is 4.74 Å². The van der Waals surface area contributed by atoms with Crippen LogP contribution in [0.5, 0.6) is 0 Å². The number of methoxy groups -OCH3 is 1. The van der Waals surface area contributed by atoms with Gasteiger partial charge in [-0.3, -0.25) is 0 Å². The minimum absolute atomic E-state index is 0.108. The molecule has 5 nitrogen and oxygen atoms in total. The molecule has 0 heterocycles. The number of hydrogen-bond acceptors (Lipinski definition) is 3. The maximum absolute atomic E-state index is 12.1. The summed E-state index contributed by atoms with van der Waals surface area (Å²) >= 11 is 0. The minimum Gasteiger partial charge on any atom is -0.388 e. The fraction of sp³-hybridized carbons (Fsp3) is 0.588. The maximum Gasteiger partial charge on any atom is 0.315 e. The second kappa shape index (κ2) is 8.76. The van der Waals surface area contributed by atoms with Gasteiger partial charge in [-0.2, -0.15) is 0 Å². The quantitative estimate of drug-likeness (QED) is 0.691. The zero-order valence-corrected chi connectivity index (χ0v) is 13.9.